The fourth-order valence-corrected chi connectivity index (χ4v) is 8.40. The lowest BCUT2D eigenvalue weighted by atomic mass is 9.95. The second-order valence-electron chi connectivity index (χ2n) is 15.6. The summed E-state index contributed by atoms with van der Waals surface area (Å²) in [5.41, 5.74) is 15.2. The van der Waals surface area contributed by atoms with Crippen molar-refractivity contribution in [2.24, 2.45) is 0 Å². The van der Waals surface area contributed by atoms with Crippen molar-refractivity contribution in [1.82, 2.24) is 29.9 Å². The number of benzene rings is 8. The predicted octanol–water partition coefficient (Wildman–Crippen LogP) is 13.9. The Morgan fingerprint density at radius 2 is 0.810 bits per heavy atom. The molecule has 0 atom stereocenters. The monoisotopic (exact) mass is 806 g/mol. The highest BCUT2D eigenvalue weighted by atomic mass is 16.3. The molecule has 0 aliphatic heterocycles. The van der Waals surface area contributed by atoms with Gasteiger partial charge in [-0.1, -0.05) is 164 Å². The molecule has 12 rings (SSSR count). The van der Waals surface area contributed by atoms with Crippen LogP contribution in [-0.2, 0) is 0 Å². The van der Waals surface area contributed by atoms with Gasteiger partial charge in [-0.05, 0) is 91.7 Å². The summed E-state index contributed by atoms with van der Waals surface area (Å²) in [6.07, 6.45) is 1.74. The smallest absolute Gasteiger partial charge is 0.247 e. The molecule has 0 bridgehead atoms. The zero-order chi connectivity index (χ0) is 41.7. The van der Waals surface area contributed by atoms with Crippen LogP contribution in [0.5, 0.6) is 0 Å². The first-order valence-electron chi connectivity index (χ1n) is 20.8. The van der Waals surface area contributed by atoms with Crippen LogP contribution < -0.4 is 0 Å². The third-order valence-corrected chi connectivity index (χ3v) is 11.6. The van der Waals surface area contributed by atoms with Gasteiger partial charge in [-0.2, -0.15) is 0 Å². The quantitative estimate of drug-likeness (QED) is 0.158. The molecular formula is C56H34N6O. The number of nitrogens with zero attached hydrogens (tertiary/aromatic N) is 6. The summed E-state index contributed by atoms with van der Waals surface area (Å²) < 4.78 is 6.16. The highest BCUT2D eigenvalue weighted by Gasteiger charge is 2.17. The van der Waals surface area contributed by atoms with Gasteiger partial charge in [-0.15, -0.1) is 0 Å². The lowest BCUT2D eigenvalue weighted by molar-refractivity contribution is 0.655. The number of furan rings is 1. The Hall–Kier alpha value is -8.68. The molecule has 63 heavy (non-hydrogen) atoms. The molecule has 0 spiro atoms. The maximum Gasteiger partial charge on any atom is 0.247 e. The van der Waals surface area contributed by atoms with Gasteiger partial charge in [0.25, 0.3) is 0 Å². The molecule has 0 amide bonds. The standard InChI is InChI=1S/C56H34N6O/c1-3-10-35(11-4-1)36-19-23-39(24-20-36)53-60-52(38-12-5-2-6-13-38)61-54(62-53)40-25-21-37(22-26-40)41-14-7-15-42(32-41)43-16-8-17-44(33-43)45-27-29-47-46(34-45)28-30-49-50(47)51-56(63-49)58-48-18-9-31-57-55(48)59-51/h1-34H. The van der Waals surface area contributed by atoms with E-state index >= 15 is 0 Å². The molecule has 0 aliphatic rings. The Kier molecular flexibility index (Phi) is 8.67. The molecule has 0 unspecified atom stereocenters. The molecule has 4 heterocycles. The molecule has 12 aromatic rings. The molecule has 7 nitrogen and oxygen atoms in total. The second-order valence-corrected chi connectivity index (χ2v) is 15.6. The largest absolute Gasteiger partial charge is 0.436 e. The van der Waals surface area contributed by atoms with Gasteiger partial charge >= 0.3 is 0 Å². The Morgan fingerprint density at radius 1 is 0.333 bits per heavy atom. The van der Waals surface area contributed by atoms with Crippen molar-refractivity contribution in [2.45, 2.75) is 0 Å². The minimum Gasteiger partial charge on any atom is -0.436 e. The highest BCUT2D eigenvalue weighted by molar-refractivity contribution is 6.18. The minimum absolute atomic E-state index is 0.517. The molecule has 0 N–H and O–H groups in total. The van der Waals surface area contributed by atoms with E-state index in [0.29, 0.717) is 34.4 Å². The molecule has 0 aliphatic carbocycles. The topological polar surface area (TPSA) is 90.5 Å². The third kappa shape index (κ3) is 6.74. The van der Waals surface area contributed by atoms with E-state index in [9.17, 15) is 0 Å². The van der Waals surface area contributed by atoms with Gasteiger partial charge in [-0.25, -0.2) is 29.9 Å². The average Bonchev–Trinajstić information content (AvgIpc) is 3.74. The first-order chi connectivity index (χ1) is 31.2. The molecule has 294 valence electrons. The van der Waals surface area contributed by atoms with Gasteiger partial charge in [0.2, 0.25) is 5.71 Å². The number of rotatable bonds is 7. The van der Waals surface area contributed by atoms with Crippen LogP contribution in [0.2, 0.25) is 0 Å². The van der Waals surface area contributed by atoms with Crippen molar-refractivity contribution in [3.05, 3.63) is 206 Å². The van der Waals surface area contributed by atoms with Crippen LogP contribution >= 0.6 is 0 Å². The minimum atomic E-state index is 0.517. The maximum atomic E-state index is 6.16. The van der Waals surface area contributed by atoms with E-state index in [4.69, 9.17) is 29.3 Å². The van der Waals surface area contributed by atoms with E-state index in [1.807, 2.05) is 54.6 Å². The van der Waals surface area contributed by atoms with Crippen LogP contribution in [0, 0.1) is 0 Å². The first kappa shape index (κ1) is 36.2. The molecule has 8 aromatic carbocycles. The normalized spacial score (nSPS) is 11.5. The van der Waals surface area contributed by atoms with E-state index in [-0.39, 0.29) is 0 Å². The van der Waals surface area contributed by atoms with Crippen LogP contribution in [0.4, 0.5) is 0 Å². The van der Waals surface area contributed by atoms with Crippen LogP contribution in [0.1, 0.15) is 0 Å². The highest BCUT2D eigenvalue weighted by Crippen LogP contribution is 2.37. The summed E-state index contributed by atoms with van der Waals surface area (Å²) in [5, 5.41) is 3.12. The summed E-state index contributed by atoms with van der Waals surface area (Å²) in [4.78, 5) is 28.9. The van der Waals surface area contributed by atoms with Crippen LogP contribution in [0.3, 0.4) is 0 Å². The van der Waals surface area contributed by atoms with Crippen LogP contribution in [-0.4, -0.2) is 29.9 Å². The molecule has 0 fully saturated rings. The van der Waals surface area contributed by atoms with E-state index in [1.165, 1.54) is 5.56 Å². The van der Waals surface area contributed by atoms with Gasteiger partial charge in [0.15, 0.2) is 23.1 Å². The fraction of sp³-hybridized carbons (Fsp3) is 0. The maximum absolute atomic E-state index is 6.16. The molecule has 0 saturated carbocycles. The summed E-state index contributed by atoms with van der Waals surface area (Å²) >= 11 is 0. The SMILES string of the molecule is c1ccc(-c2ccc(-c3nc(-c4ccccc4)nc(-c4ccc(-c5cccc(-c6cccc(-c7ccc8c(ccc9oc%10nc%11cccnc%11nc%10c98)c7)c6)c5)cc4)n3)cc2)cc1. The van der Waals surface area contributed by atoms with E-state index in [0.717, 1.165) is 82.9 Å². The van der Waals surface area contributed by atoms with Crippen molar-refractivity contribution in [1.29, 1.82) is 0 Å². The van der Waals surface area contributed by atoms with Crippen molar-refractivity contribution < 1.29 is 4.42 Å². The predicted molar refractivity (Wildman–Crippen MR) is 254 cm³/mol. The van der Waals surface area contributed by atoms with Gasteiger partial charge in [0.05, 0.1) is 5.39 Å². The lowest BCUT2D eigenvalue weighted by Gasteiger charge is -2.11. The van der Waals surface area contributed by atoms with Crippen molar-refractivity contribution in [3.8, 4) is 78.7 Å². The molecule has 7 heteroatoms. The molecule has 0 radical (unpaired) electrons. The van der Waals surface area contributed by atoms with Gasteiger partial charge in [-0.3, -0.25) is 0 Å². The number of pyridine rings is 1. The van der Waals surface area contributed by atoms with Crippen molar-refractivity contribution in [2.75, 3.05) is 0 Å². The van der Waals surface area contributed by atoms with Gasteiger partial charge in [0.1, 0.15) is 16.6 Å². The van der Waals surface area contributed by atoms with E-state index in [2.05, 4.69) is 151 Å². The lowest BCUT2D eigenvalue weighted by Crippen LogP contribution is -2.00. The van der Waals surface area contributed by atoms with Gasteiger partial charge < -0.3 is 4.42 Å². The van der Waals surface area contributed by atoms with Gasteiger partial charge in [0, 0.05) is 22.9 Å². The molecular weight excluding hydrogens is 773 g/mol. The van der Waals surface area contributed by atoms with Crippen molar-refractivity contribution in [3.63, 3.8) is 0 Å². The molecule has 0 saturated heterocycles. The summed E-state index contributed by atoms with van der Waals surface area (Å²) in [6.45, 7) is 0. The third-order valence-electron chi connectivity index (χ3n) is 11.6. The summed E-state index contributed by atoms with van der Waals surface area (Å²) in [5.74, 6) is 1.89. The number of aromatic nitrogens is 6. The number of fused-ring (bicyclic) bond motifs is 6. The Bertz CT molecular complexity index is 3660. The zero-order valence-electron chi connectivity index (χ0n) is 33.7. The summed E-state index contributed by atoms with van der Waals surface area (Å²) in [7, 11) is 0. The zero-order valence-corrected chi connectivity index (χ0v) is 33.7. The van der Waals surface area contributed by atoms with E-state index < -0.39 is 0 Å². The Labute approximate surface area is 362 Å². The Balaban J connectivity index is 0.843. The second kappa shape index (κ2) is 15.1. The molecule has 4 aromatic heterocycles. The first-order valence-corrected chi connectivity index (χ1v) is 20.8. The van der Waals surface area contributed by atoms with Crippen LogP contribution in [0.25, 0.3) is 123 Å². The number of hydrogen-bond acceptors (Lipinski definition) is 7. The number of hydrogen-bond donors (Lipinski definition) is 0. The van der Waals surface area contributed by atoms with E-state index in [1.54, 1.807) is 6.20 Å². The average molecular weight is 807 g/mol. The Morgan fingerprint density at radius 3 is 1.43 bits per heavy atom. The fourth-order valence-electron chi connectivity index (χ4n) is 8.40. The summed E-state index contributed by atoms with van der Waals surface area (Å²) in [6, 6.07) is 69.2. The van der Waals surface area contributed by atoms with Crippen molar-refractivity contribution >= 4 is 44.1 Å². The van der Waals surface area contributed by atoms with Crippen LogP contribution in [0.15, 0.2) is 211 Å².